The lowest BCUT2D eigenvalue weighted by Gasteiger charge is -2.16. The van der Waals surface area contributed by atoms with Crippen molar-refractivity contribution in [1.82, 2.24) is 4.90 Å². The number of hydrogen-bond donors (Lipinski definition) is 0. The Bertz CT molecular complexity index is 714. The molecule has 0 bridgehead atoms. The van der Waals surface area contributed by atoms with Gasteiger partial charge in [0.25, 0.3) is 0 Å². The number of amides is 1. The number of benzene rings is 1. The van der Waals surface area contributed by atoms with Gasteiger partial charge in [-0.1, -0.05) is 36.6 Å². The third kappa shape index (κ3) is 5.20. The van der Waals surface area contributed by atoms with Crippen molar-refractivity contribution in [2.45, 2.75) is 40.0 Å². The summed E-state index contributed by atoms with van der Waals surface area (Å²) in [7, 11) is 1.63. The molecule has 2 heterocycles. The molecule has 136 valence electrons. The first-order valence-electron chi connectivity index (χ1n) is 8.99. The van der Waals surface area contributed by atoms with Crippen molar-refractivity contribution in [2.24, 2.45) is 0 Å². The van der Waals surface area contributed by atoms with Gasteiger partial charge in [-0.3, -0.25) is 4.79 Å². The normalized spacial score (nSPS) is 14.0. The van der Waals surface area contributed by atoms with Crippen molar-refractivity contribution in [1.29, 1.82) is 0 Å². The molecule has 1 aliphatic heterocycles. The number of carbonyl (C=O) groups is 1. The molecule has 4 nitrogen and oxygen atoms in total. The lowest BCUT2D eigenvalue weighted by Crippen LogP contribution is -2.30. The minimum Gasteiger partial charge on any atom is -0.464 e. The highest BCUT2D eigenvalue weighted by atomic mass is 16.5. The highest BCUT2D eigenvalue weighted by Gasteiger charge is 2.23. The van der Waals surface area contributed by atoms with Crippen LogP contribution in [0.15, 0.2) is 46.1 Å². The summed E-state index contributed by atoms with van der Waals surface area (Å²) < 4.78 is 10.1. The van der Waals surface area contributed by atoms with E-state index in [0.29, 0.717) is 13.0 Å². The highest BCUT2D eigenvalue weighted by Crippen LogP contribution is 2.22. The maximum atomic E-state index is 11.7. The first kappa shape index (κ1) is 19.3. The van der Waals surface area contributed by atoms with Gasteiger partial charge in [-0.2, -0.15) is 0 Å². The molecule has 1 aromatic carbocycles. The van der Waals surface area contributed by atoms with Crippen LogP contribution in [-0.2, 0) is 9.53 Å². The molecule has 0 unspecified atom stereocenters. The lowest BCUT2D eigenvalue weighted by atomic mass is 10.1. The molecule has 1 aliphatic rings. The Morgan fingerprint density at radius 1 is 1.16 bits per heavy atom. The molecule has 1 aromatic heterocycles. The first-order chi connectivity index (χ1) is 12.1. The van der Waals surface area contributed by atoms with Gasteiger partial charge in [0.15, 0.2) is 0 Å². The number of rotatable bonds is 5. The van der Waals surface area contributed by atoms with Gasteiger partial charge in [0, 0.05) is 25.6 Å². The zero-order valence-electron chi connectivity index (χ0n) is 15.8. The minimum atomic E-state index is 0.214. The van der Waals surface area contributed by atoms with Crippen LogP contribution in [0.3, 0.4) is 0 Å². The van der Waals surface area contributed by atoms with E-state index in [1.165, 1.54) is 22.1 Å². The average Bonchev–Trinajstić information content (AvgIpc) is 3.25. The number of nitrogens with zero attached hydrogens (tertiary/aromatic N) is 1. The van der Waals surface area contributed by atoms with Gasteiger partial charge in [-0.05, 0) is 38.0 Å². The zero-order valence-corrected chi connectivity index (χ0v) is 15.8. The fourth-order valence-electron chi connectivity index (χ4n) is 3.07. The molecule has 0 atom stereocenters. The van der Waals surface area contributed by atoms with Gasteiger partial charge in [-0.15, -0.1) is 0 Å². The van der Waals surface area contributed by atoms with Crippen LogP contribution in [0, 0.1) is 6.92 Å². The van der Waals surface area contributed by atoms with E-state index >= 15 is 0 Å². The van der Waals surface area contributed by atoms with Crippen molar-refractivity contribution in [3.8, 4) is 0 Å². The second-order valence-electron chi connectivity index (χ2n) is 6.37. The molecule has 0 N–H and O–H groups in total. The number of furan rings is 1. The van der Waals surface area contributed by atoms with Gasteiger partial charge in [-0.25, -0.2) is 0 Å². The summed E-state index contributed by atoms with van der Waals surface area (Å²) in [4.78, 5) is 13.7. The van der Waals surface area contributed by atoms with Gasteiger partial charge >= 0.3 is 0 Å². The summed E-state index contributed by atoms with van der Waals surface area (Å²) in [5, 5.41) is 1.18. The van der Waals surface area contributed by atoms with Crippen LogP contribution in [-0.4, -0.2) is 37.6 Å². The van der Waals surface area contributed by atoms with Crippen molar-refractivity contribution in [2.75, 3.05) is 26.8 Å². The quantitative estimate of drug-likeness (QED) is 0.738. The van der Waals surface area contributed by atoms with Crippen LogP contribution in [0.2, 0.25) is 0 Å². The molecule has 0 saturated heterocycles. The van der Waals surface area contributed by atoms with Gasteiger partial charge in [0.1, 0.15) is 5.58 Å². The van der Waals surface area contributed by atoms with Crippen molar-refractivity contribution < 1.29 is 13.9 Å². The molecular formula is C21H29NO3. The van der Waals surface area contributed by atoms with Gasteiger partial charge < -0.3 is 14.1 Å². The Balaban J connectivity index is 0.000000194. The van der Waals surface area contributed by atoms with E-state index in [4.69, 9.17) is 9.15 Å². The van der Waals surface area contributed by atoms with E-state index in [2.05, 4.69) is 26.8 Å². The second-order valence-corrected chi connectivity index (χ2v) is 6.37. The summed E-state index contributed by atoms with van der Waals surface area (Å²) in [6, 6.07) is 8.12. The maximum Gasteiger partial charge on any atom is 0.225 e. The Hall–Kier alpha value is -2.07. The molecule has 0 radical (unpaired) electrons. The summed E-state index contributed by atoms with van der Waals surface area (Å²) in [6.07, 6.45) is 4.35. The second kappa shape index (κ2) is 9.42. The van der Waals surface area contributed by atoms with Crippen molar-refractivity contribution >= 4 is 16.9 Å². The van der Waals surface area contributed by atoms with Gasteiger partial charge in [0.2, 0.25) is 5.91 Å². The predicted octanol–water partition coefficient (Wildman–Crippen LogP) is 4.72. The molecule has 2 aromatic rings. The highest BCUT2D eigenvalue weighted by molar-refractivity contribution is 5.78. The summed E-state index contributed by atoms with van der Waals surface area (Å²) in [5.74, 6) is 0.214. The SMILES string of the molecule is CCC1=C(CC)CN(C(=O)CCOC)C1.Cc1ccc2occc2c1. The molecule has 1 amide bonds. The molecule has 3 rings (SSSR count). The molecule has 4 heteroatoms. The molecule has 25 heavy (non-hydrogen) atoms. The Kier molecular flexibility index (Phi) is 7.26. The van der Waals surface area contributed by atoms with Crippen LogP contribution in [0.25, 0.3) is 11.0 Å². The molecule has 0 spiro atoms. The van der Waals surface area contributed by atoms with E-state index in [1.54, 1.807) is 13.4 Å². The molecule has 0 saturated carbocycles. The molecule has 0 fully saturated rings. The van der Waals surface area contributed by atoms with Crippen LogP contribution >= 0.6 is 0 Å². The van der Waals surface area contributed by atoms with Crippen molar-refractivity contribution in [3.05, 3.63) is 47.2 Å². The lowest BCUT2D eigenvalue weighted by molar-refractivity contribution is -0.130. The molecular weight excluding hydrogens is 314 g/mol. The number of aryl methyl sites for hydroxylation is 1. The van der Waals surface area contributed by atoms with E-state index in [1.807, 2.05) is 23.1 Å². The Morgan fingerprint density at radius 2 is 1.84 bits per heavy atom. The van der Waals surface area contributed by atoms with E-state index in [0.717, 1.165) is 31.5 Å². The van der Waals surface area contributed by atoms with Crippen LogP contribution in [0.5, 0.6) is 0 Å². The number of hydrogen-bond acceptors (Lipinski definition) is 3. The summed E-state index contributed by atoms with van der Waals surface area (Å²) in [6.45, 7) is 8.59. The van der Waals surface area contributed by atoms with Crippen molar-refractivity contribution in [3.63, 3.8) is 0 Å². The Morgan fingerprint density at radius 3 is 2.44 bits per heavy atom. The van der Waals surface area contributed by atoms with E-state index in [9.17, 15) is 4.79 Å². The van der Waals surface area contributed by atoms with Crippen LogP contribution in [0.4, 0.5) is 0 Å². The number of methoxy groups -OCH3 is 1. The monoisotopic (exact) mass is 343 g/mol. The Labute approximate surface area is 150 Å². The van der Waals surface area contributed by atoms with E-state index < -0.39 is 0 Å². The third-order valence-electron chi connectivity index (χ3n) is 4.60. The fraction of sp³-hybridized carbons (Fsp3) is 0.476. The van der Waals surface area contributed by atoms with Crippen LogP contribution < -0.4 is 0 Å². The number of carbonyl (C=O) groups excluding carboxylic acids is 1. The standard InChI is InChI=1S/C12H21NO2.C9H8O/c1-4-10-8-13(9-11(10)5-2)12(14)6-7-15-3;1-7-2-3-9-8(6-7)4-5-10-9/h4-9H2,1-3H3;2-6H,1H3. The number of fused-ring (bicyclic) bond motifs is 1. The minimum absolute atomic E-state index is 0.214. The fourth-order valence-corrected chi connectivity index (χ4v) is 3.07. The van der Waals surface area contributed by atoms with E-state index in [-0.39, 0.29) is 5.91 Å². The maximum absolute atomic E-state index is 11.7. The van der Waals surface area contributed by atoms with Crippen LogP contribution in [0.1, 0.15) is 38.7 Å². The topological polar surface area (TPSA) is 42.7 Å². The largest absolute Gasteiger partial charge is 0.464 e. The predicted molar refractivity (Wildman–Crippen MR) is 102 cm³/mol. The zero-order chi connectivity index (χ0) is 18.2. The summed E-state index contributed by atoms with van der Waals surface area (Å²) in [5.41, 5.74) is 5.13. The smallest absolute Gasteiger partial charge is 0.225 e. The number of ether oxygens (including phenoxy) is 1. The first-order valence-corrected chi connectivity index (χ1v) is 8.99. The van der Waals surface area contributed by atoms with Gasteiger partial charge in [0.05, 0.1) is 19.3 Å². The average molecular weight is 343 g/mol. The molecule has 0 aliphatic carbocycles. The third-order valence-corrected chi connectivity index (χ3v) is 4.60. The summed E-state index contributed by atoms with van der Waals surface area (Å²) >= 11 is 0.